The minimum absolute atomic E-state index is 0.0526. The maximum atomic E-state index is 12.2. The van der Waals surface area contributed by atoms with Crippen molar-refractivity contribution in [1.82, 2.24) is 15.3 Å². The summed E-state index contributed by atoms with van der Waals surface area (Å²) >= 11 is 0. The number of benzene rings is 1. The summed E-state index contributed by atoms with van der Waals surface area (Å²) < 4.78 is 0. The number of carbonyl (C=O) groups is 1. The number of nitrogens with two attached hydrogens (primary N) is 1. The molecule has 4 N–H and O–H groups in total. The van der Waals surface area contributed by atoms with Crippen molar-refractivity contribution in [3.8, 4) is 0 Å². The molecule has 5 heteroatoms. The number of imidazole rings is 1. The molecule has 20 heavy (non-hydrogen) atoms. The van der Waals surface area contributed by atoms with Crippen LogP contribution >= 0.6 is 0 Å². The van der Waals surface area contributed by atoms with Crippen LogP contribution in [0.5, 0.6) is 0 Å². The lowest BCUT2D eigenvalue weighted by molar-refractivity contribution is -0.125. The number of carbonyl (C=O) groups excluding carboxylic acids is 1. The molecule has 3 rings (SSSR count). The fourth-order valence-electron chi connectivity index (χ4n) is 2.83. The number of H-pyrrole nitrogens is 1. The van der Waals surface area contributed by atoms with Crippen LogP contribution in [0, 0.1) is 5.92 Å². The van der Waals surface area contributed by atoms with E-state index in [0.717, 1.165) is 36.1 Å². The Morgan fingerprint density at radius 2 is 2.25 bits per heavy atom. The van der Waals surface area contributed by atoms with Crippen LogP contribution in [0.25, 0.3) is 11.0 Å². The summed E-state index contributed by atoms with van der Waals surface area (Å²) in [4.78, 5) is 19.9. The summed E-state index contributed by atoms with van der Waals surface area (Å²) in [6.45, 7) is 1.95. The van der Waals surface area contributed by atoms with E-state index in [1.54, 1.807) is 0 Å². The molecule has 106 valence electrons. The van der Waals surface area contributed by atoms with Crippen LogP contribution in [0.3, 0.4) is 0 Å². The van der Waals surface area contributed by atoms with E-state index >= 15 is 0 Å². The van der Waals surface area contributed by atoms with Crippen molar-refractivity contribution in [3.63, 3.8) is 0 Å². The van der Waals surface area contributed by atoms with Crippen molar-refractivity contribution in [3.05, 3.63) is 30.1 Å². The number of rotatable bonds is 3. The first-order valence-electron chi connectivity index (χ1n) is 7.14. The summed E-state index contributed by atoms with van der Waals surface area (Å²) in [7, 11) is 0. The zero-order chi connectivity index (χ0) is 14.1. The van der Waals surface area contributed by atoms with Crippen molar-refractivity contribution in [2.75, 3.05) is 0 Å². The first kappa shape index (κ1) is 13.1. The molecule has 1 aromatic carbocycles. The van der Waals surface area contributed by atoms with Crippen LogP contribution in [-0.2, 0) is 4.79 Å². The Morgan fingerprint density at radius 3 is 2.95 bits per heavy atom. The number of amides is 1. The van der Waals surface area contributed by atoms with Gasteiger partial charge in [-0.25, -0.2) is 4.98 Å². The zero-order valence-electron chi connectivity index (χ0n) is 11.6. The highest BCUT2D eigenvalue weighted by Gasteiger charge is 2.28. The molecule has 1 heterocycles. The van der Waals surface area contributed by atoms with E-state index in [0.29, 0.717) is 0 Å². The molecule has 3 atom stereocenters. The molecule has 1 amide bonds. The van der Waals surface area contributed by atoms with E-state index in [1.165, 1.54) is 0 Å². The highest BCUT2D eigenvalue weighted by Crippen LogP contribution is 2.25. The number of hydrogen-bond donors (Lipinski definition) is 3. The zero-order valence-corrected chi connectivity index (χ0v) is 11.6. The average molecular weight is 272 g/mol. The minimum atomic E-state index is -0.119. The minimum Gasteiger partial charge on any atom is -0.346 e. The van der Waals surface area contributed by atoms with Crippen molar-refractivity contribution in [2.45, 2.75) is 38.3 Å². The molecule has 0 saturated heterocycles. The van der Waals surface area contributed by atoms with Crippen LogP contribution in [0.4, 0.5) is 0 Å². The van der Waals surface area contributed by atoms with Crippen molar-refractivity contribution in [1.29, 1.82) is 0 Å². The van der Waals surface area contributed by atoms with Gasteiger partial charge in [0.2, 0.25) is 5.91 Å². The van der Waals surface area contributed by atoms with Gasteiger partial charge in [-0.05, 0) is 38.3 Å². The number of fused-ring (bicyclic) bond motifs is 1. The van der Waals surface area contributed by atoms with Crippen LogP contribution < -0.4 is 11.1 Å². The van der Waals surface area contributed by atoms with Crippen molar-refractivity contribution in [2.24, 2.45) is 11.7 Å². The van der Waals surface area contributed by atoms with E-state index in [2.05, 4.69) is 15.3 Å². The van der Waals surface area contributed by atoms with Gasteiger partial charge >= 0.3 is 0 Å². The monoisotopic (exact) mass is 272 g/mol. The summed E-state index contributed by atoms with van der Waals surface area (Å²) in [5.74, 6) is 0.935. The third-order valence-corrected chi connectivity index (χ3v) is 4.02. The second-order valence-corrected chi connectivity index (χ2v) is 5.64. The third-order valence-electron chi connectivity index (χ3n) is 4.02. The Bertz CT molecular complexity index is 588. The molecule has 0 spiro atoms. The normalized spacial score (nSPS) is 23.9. The molecule has 3 unspecified atom stereocenters. The molecule has 1 aliphatic rings. The number of nitrogens with one attached hydrogen (secondary N) is 2. The van der Waals surface area contributed by atoms with E-state index in [4.69, 9.17) is 5.73 Å². The summed E-state index contributed by atoms with van der Waals surface area (Å²) in [6, 6.07) is 7.92. The maximum absolute atomic E-state index is 12.2. The van der Waals surface area contributed by atoms with Gasteiger partial charge in [-0.15, -0.1) is 0 Å². The molecule has 1 aliphatic carbocycles. The van der Waals surface area contributed by atoms with Gasteiger partial charge in [-0.2, -0.15) is 0 Å². The number of nitrogens with zero attached hydrogens (tertiary/aromatic N) is 1. The van der Waals surface area contributed by atoms with Gasteiger partial charge in [0.1, 0.15) is 5.82 Å². The van der Waals surface area contributed by atoms with Crippen molar-refractivity contribution < 1.29 is 4.79 Å². The van der Waals surface area contributed by atoms with Gasteiger partial charge in [0.25, 0.3) is 0 Å². The van der Waals surface area contributed by atoms with Crippen LogP contribution in [0.1, 0.15) is 38.1 Å². The van der Waals surface area contributed by atoms with E-state index < -0.39 is 0 Å². The Morgan fingerprint density at radius 1 is 1.45 bits per heavy atom. The topological polar surface area (TPSA) is 83.8 Å². The van der Waals surface area contributed by atoms with Gasteiger partial charge in [0.15, 0.2) is 0 Å². The van der Waals surface area contributed by atoms with E-state index in [1.807, 2.05) is 31.2 Å². The highest BCUT2D eigenvalue weighted by atomic mass is 16.1. The molecule has 2 aromatic rings. The lowest BCUT2D eigenvalue weighted by Crippen LogP contribution is -2.33. The van der Waals surface area contributed by atoms with Gasteiger partial charge < -0.3 is 16.0 Å². The van der Waals surface area contributed by atoms with E-state index in [9.17, 15) is 4.79 Å². The molecule has 1 saturated carbocycles. The van der Waals surface area contributed by atoms with Gasteiger partial charge in [0, 0.05) is 12.0 Å². The lowest BCUT2D eigenvalue weighted by Gasteiger charge is -2.15. The number of aromatic amines is 1. The smallest absolute Gasteiger partial charge is 0.223 e. The first-order valence-corrected chi connectivity index (χ1v) is 7.14. The SMILES string of the molecule is CC(NC(=O)C1CCC(N)C1)c1nc2ccccc2[nH]1. The Labute approximate surface area is 118 Å². The molecule has 0 radical (unpaired) electrons. The number of hydrogen-bond acceptors (Lipinski definition) is 3. The highest BCUT2D eigenvalue weighted by molar-refractivity contribution is 5.80. The fourth-order valence-corrected chi connectivity index (χ4v) is 2.83. The number of para-hydroxylation sites is 2. The van der Waals surface area contributed by atoms with Crippen LogP contribution in [0.15, 0.2) is 24.3 Å². The molecule has 0 aliphatic heterocycles. The standard InChI is InChI=1S/C15H20N4O/c1-9(17-15(20)10-6-7-11(16)8-10)14-18-12-4-2-3-5-13(12)19-14/h2-5,9-11H,6-8,16H2,1H3,(H,17,20)(H,18,19). The number of aromatic nitrogens is 2. The summed E-state index contributed by atoms with van der Waals surface area (Å²) in [6.07, 6.45) is 2.62. The van der Waals surface area contributed by atoms with Gasteiger partial charge in [-0.1, -0.05) is 12.1 Å². The lowest BCUT2D eigenvalue weighted by atomic mass is 10.1. The Balaban J connectivity index is 1.69. The molecule has 1 fully saturated rings. The summed E-state index contributed by atoms with van der Waals surface area (Å²) in [5, 5.41) is 3.03. The molecule has 5 nitrogen and oxygen atoms in total. The Kier molecular flexibility index (Phi) is 3.44. The fraction of sp³-hybridized carbons (Fsp3) is 0.467. The summed E-state index contributed by atoms with van der Waals surface area (Å²) in [5.41, 5.74) is 7.77. The van der Waals surface area contributed by atoms with E-state index in [-0.39, 0.29) is 23.9 Å². The predicted octanol–water partition coefficient (Wildman–Crippen LogP) is 1.87. The molecular formula is C15H20N4O. The van der Waals surface area contributed by atoms with Gasteiger partial charge in [0.05, 0.1) is 17.1 Å². The average Bonchev–Trinajstić information content (AvgIpc) is 3.04. The maximum Gasteiger partial charge on any atom is 0.223 e. The second kappa shape index (κ2) is 5.25. The molecule has 0 bridgehead atoms. The Hall–Kier alpha value is -1.88. The van der Waals surface area contributed by atoms with Crippen LogP contribution in [0.2, 0.25) is 0 Å². The van der Waals surface area contributed by atoms with Gasteiger partial charge in [-0.3, -0.25) is 4.79 Å². The largest absolute Gasteiger partial charge is 0.346 e. The third kappa shape index (κ3) is 2.54. The molecule has 1 aromatic heterocycles. The predicted molar refractivity (Wildman–Crippen MR) is 78.0 cm³/mol. The quantitative estimate of drug-likeness (QED) is 0.797. The first-order chi connectivity index (χ1) is 9.63. The second-order valence-electron chi connectivity index (χ2n) is 5.64. The van der Waals surface area contributed by atoms with Crippen LogP contribution in [-0.4, -0.2) is 21.9 Å². The molecular weight excluding hydrogens is 252 g/mol. The van der Waals surface area contributed by atoms with Crippen molar-refractivity contribution >= 4 is 16.9 Å².